The Balaban J connectivity index is 1.82. The first-order chi connectivity index (χ1) is 14.8. The number of hydrogen-bond acceptors (Lipinski definition) is 5. The summed E-state index contributed by atoms with van der Waals surface area (Å²) in [6, 6.07) is 14.1. The molecular formula is C22H16ClN3O4S. The molecule has 0 aliphatic heterocycles. The van der Waals surface area contributed by atoms with Crippen LogP contribution < -0.4 is 10.9 Å². The third-order valence-corrected chi connectivity index (χ3v) is 5.84. The lowest BCUT2D eigenvalue weighted by Gasteiger charge is -2.14. The summed E-state index contributed by atoms with van der Waals surface area (Å²) >= 11 is 7.10. The monoisotopic (exact) mass is 453 g/mol. The molecule has 0 spiro atoms. The molecule has 2 N–H and O–H groups in total. The second kappa shape index (κ2) is 8.33. The van der Waals surface area contributed by atoms with Crippen molar-refractivity contribution in [1.29, 1.82) is 0 Å². The molecule has 0 fully saturated rings. The molecule has 2 aromatic carbocycles. The minimum Gasteiger partial charge on any atom is -0.478 e. The fraction of sp³-hybridized carbons (Fsp3) is 0.0909. The topological polar surface area (TPSA) is 101 Å². The van der Waals surface area contributed by atoms with E-state index in [1.54, 1.807) is 42.5 Å². The molecule has 0 aliphatic rings. The maximum Gasteiger partial charge on any atom is 0.337 e. The Labute approximate surface area is 185 Å². The highest BCUT2D eigenvalue weighted by molar-refractivity contribution is 7.17. The second-order valence-corrected chi connectivity index (χ2v) is 8.13. The number of carboxylic acids is 1. The standard InChI is InChI=1S/C22H16ClN3O4S/c1-12-7-8-14(23)9-16(12)24-17(27)10-26-19(13-5-3-2-4-6-13)25-20-18(21(26)28)15(11-31-20)22(29)30/h2-9,11H,10H2,1H3,(H,24,27)(H,29,30). The number of carbonyl (C=O) groups is 2. The quantitative estimate of drug-likeness (QED) is 0.465. The highest BCUT2D eigenvalue weighted by atomic mass is 35.5. The molecule has 9 heteroatoms. The van der Waals surface area contributed by atoms with Crippen LogP contribution >= 0.6 is 22.9 Å². The molecular weight excluding hydrogens is 438 g/mol. The van der Waals surface area contributed by atoms with Crippen LogP contribution in [-0.4, -0.2) is 26.5 Å². The Morgan fingerprint density at radius 3 is 2.65 bits per heavy atom. The van der Waals surface area contributed by atoms with Crippen molar-refractivity contribution in [2.45, 2.75) is 13.5 Å². The number of aryl methyl sites for hydroxylation is 1. The van der Waals surface area contributed by atoms with Gasteiger partial charge in [-0.3, -0.25) is 14.2 Å². The molecule has 31 heavy (non-hydrogen) atoms. The molecule has 0 atom stereocenters. The van der Waals surface area contributed by atoms with Gasteiger partial charge in [0.05, 0.1) is 10.9 Å². The average molecular weight is 454 g/mol. The van der Waals surface area contributed by atoms with Gasteiger partial charge in [-0.1, -0.05) is 48.0 Å². The van der Waals surface area contributed by atoms with Crippen molar-refractivity contribution < 1.29 is 14.7 Å². The van der Waals surface area contributed by atoms with Crippen molar-refractivity contribution in [3.05, 3.63) is 80.4 Å². The van der Waals surface area contributed by atoms with Crippen molar-refractivity contribution in [1.82, 2.24) is 9.55 Å². The normalized spacial score (nSPS) is 10.9. The van der Waals surface area contributed by atoms with E-state index in [9.17, 15) is 19.5 Å². The highest BCUT2D eigenvalue weighted by Crippen LogP contribution is 2.26. The molecule has 0 radical (unpaired) electrons. The van der Waals surface area contributed by atoms with E-state index in [-0.39, 0.29) is 23.3 Å². The van der Waals surface area contributed by atoms with Crippen LogP contribution in [0.2, 0.25) is 5.02 Å². The highest BCUT2D eigenvalue weighted by Gasteiger charge is 2.21. The van der Waals surface area contributed by atoms with Crippen molar-refractivity contribution in [2.24, 2.45) is 0 Å². The first-order valence-corrected chi connectivity index (χ1v) is 10.5. The third kappa shape index (κ3) is 4.08. The van der Waals surface area contributed by atoms with Crippen LogP contribution in [0, 0.1) is 6.92 Å². The van der Waals surface area contributed by atoms with Crippen molar-refractivity contribution in [2.75, 3.05) is 5.32 Å². The lowest BCUT2D eigenvalue weighted by Crippen LogP contribution is -2.30. The van der Waals surface area contributed by atoms with Crippen LogP contribution in [-0.2, 0) is 11.3 Å². The fourth-order valence-corrected chi connectivity index (χ4v) is 4.27. The van der Waals surface area contributed by atoms with E-state index >= 15 is 0 Å². The number of nitrogens with zero attached hydrogens (tertiary/aromatic N) is 2. The predicted octanol–water partition coefficient (Wildman–Crippen LogP) is 4.42. The summed E-state index contributed by atoms with van der Waals surface area (Å²) in [5, 5.41) is 14.0. The number of hydrogen-bond donors (Lipinski definition) is 2. The van der Waals surface area contributed by atoms with Gasteiger partial charge in [0.2, 0.25) is 5.91 Å². The summed E-state index contributed by atoms with van der Waals surface area (Å²) in [5.41, 5.74) is 1.27. The maximum atomic E-state index is 13.3. The molecule has 1 amide bonds. The molecule has 2 aromatic heterocycles. The lowest BCUT2D eigenvalue weighted by molar-refractivity contribution is -0.116. The van der Waals surface area contributed by atoms with Gasteiger partial charge < -0.3 is 10.4 Å². The number of carbonyl (C=O) groups excluding carboxylic acids is 1. The smallest absolute Gasteiger partial charge is 0.337 e. The van der Waals surface area contributed by atoms with Gasteiger partial charge in [-0.25, -0.2) is 9.78 Å². The lowest BCUT2D eigenvalue weighted by atomic mass is 10.2. The number of nitrogens with one attached hydrogen (secondary N) is 1. The molecule has 0 saturated heterocycles. The zero-order valence-electron chi connectivity index (χ0n) is 16.3. The van der Waals surface area contributed by atoms with Gasteiger partial charge in [0.1, 0.15) is 17.2 Å². The van der Waals surface area contributed by atoms with Gasteiger partial charge in [0, 0.05) is 21.7 Å². The minimum atomic E-state index is -1.22. The Bertz CT molecular complexity index is 1380. The molecule has 156 valence electrons. The van der Waals surface area contributed by atoms with Crippen LogP contribution in [0.1, 0.15) is 15.9 Å². The number of aromatic carboxylic acids is 1. The van der Waals surface area contributed by atoms with E-state index in [1.165, 1.54) is 9.95 Å². The third-order valence-electron chi connectivity index (χ3n) is 4.73. The van der Waals surface area contributed by atoms with Crippen molar-refractivity contribution in [3.63, 3.8) is 0 Å². The zero-order chi connectivity index (χ0) is 22.1. The minimum absolute atomic E-state index is 0.0103. The molecule has 4 aromatic rings. The molecule has 7 nitrogen and oxygen atoms in total. The molecule has 0 unspecified atom stereocenters. The number of rotatable bonds is 5. The van der Waals surface area contributed by atoms with Crippen LogP contribution in [0.4, 0.5) is 5.69 Å². The van der Waals surface area contributed by atoms with E-state index in [0.717, 1.165) is 16.9 Å². The number of benzene rings is 2. The number of halogens is 1. The summed E-state index contributed by atoms with van der Waals surface area (Å²) in [6.07, 6.45) is 0. The van der Waals surface area contributed by atoms with E-state index < -0.39 is 17.4 Å². The Morgan fingerprint density at radius 2 is 1.94 bits per heavy atom. The molecule has 0 saturated carbocycles. The molecule has 2 heterocycles. The van der Waals surface area contributed by atoms with E-state index in [1.807, 2.05) is 13.0 Å². The van der Waals surface area contributed by atoms with Gasteiger partial charge in [-0.15, -0.1) is 11.3 Å². The Hall–Kier alpha value is -3.49. The first kappa shape index (κ1) is 20.8. The second-order valence-electron chi connectivity index (χ2n) is 6.83. The number of anilines is 1. The summed E-state index contributed by atoms with van der Waals surface area (Å²) < 4.78 is 1.20. The number of fused-ring (bicyclic) bond motifs is 1. The van der Waals surface area contributed by atoms with Gasteiger partial charge in [0.15, 0.2) is 0 Å². The molecule has 4 rings (SSSR count). The van der Waals surface area contributed by atoms with Crippen LogP contribution in [0.25, 0.3) is 21.6 Å². The number of thiophene rings is 1. The Kier molecular flexibility index (Phi) is 5.58. The maximum absolute atomic E-state index is 13.3. The van der Waals surface area contributed by atoms with Crippen LogP contribution in [0.5, 0.6) is 0 Å². The van der Waals surface area contributed by atoms with Gasteiger partial charge in [-0.05, 0) is 24.6 Å². The summed E-state index contributed by atoms with van der Waals surface area (Å²) in [7, 11) is 0. The summed E-state index contributed by atoms with van der Waals surface area (Å²) in [6.45, 7) is 1.48. The van der Waals surface area contributed by atoms with E-state index in [2.05, 4.69) is 10.3 Å². The fourth-order valence-electron chi connectivity index (χ4n) is 3.20. The van der Waals surface area contributed by atoms with Gasteiger partial charge in [0.25, 0.3) is 5.56 Å². The van der Waals surface area contributed by atoms with Crippen molar-refractivity contribution >= 4 is 50.7 Å². The molecule has 0 bridgehead atoms. The Morgan fingerprint density at radius 1 is 1.19 bits per heavy atom. The molecule has 0 aliphatic carbocycles. The van der Waals surface area contributed by atoms with Crippen LogP contribution in [0.15, 0.2) is 58.7 Å². The number of aromatic nitrogens is 2. The SMILES string of the molecule is Cc1ccc(Cl)cc1NC(=O)Cn1c(-c2ccccc2)nc2scc(C(=O)O)c2c1=O. The van der Waals surface area contributed by atoms with E-state index in [4.69, 9.17) is 11.6 Å². The number of amides is 1. The average Bonchev–Trinajstić information content (AvgIpc) is 3.18. The first-order valence-electron chi connectivity index (χ1n) is 9.22. The van der Waals surface area contributed by atoms with Crippen molar-refractivity contribution in [3.8, 4) is 11.4 Å². The zero-order valence-corrected chi connectivity index (χ0v) is 17.8. The van der Waals surface area contributed by atoms with Gasteiger partial charge in [-0.2, -0.15) is 0 Å². The largest absolute Gasteiger partial charge is 0.478 e. The number of carboxylic acid groups (broad SMARTS) is 1. The predicted molar refractivity (Wildman–Crippen MR) is 121 cm³/mol. The summed E-state index contributed by atoms with van der Waals surface area (Å²) in [5.74, 6) is -1.39. The van der Waals surface area contributed by atoms with Gasteiger partial charge >= 0.3 is 5.97 Å². The van der Waals surface area contributed by atoms with Crippen LogP contribution in [0.3, 0.4) is 0 Å². The summed E-state index contributed by atoms with van der Waals surface area (Å²) in [4.78, 5) is 42.5. The van der Waals surface area contributed by atoms with E-state index in [0.29, 0.717) is 21.1 Å².